The Labute approximate surface area is 137 Å². The number of aryl methyl sites for hydroxylation is 1. The van der Waals surface area contributed by atoms with Gasteiger partial charge in [-0.05, 0) is 42.1 Å². The van der Waals surface area contributed by atoms with Gasteiger partial charge in [0.25, 0.3) is 0 Å². The molecule has 114 valence electrons. The number of hydrogen-bond acceptors (Lipinski definition) is 6. The molecule has 7 heteroatoms. The highest BCUT2D eigenvalue weighted by atomic mass is 32.2. The van der Waals surface area contributed by atoms with Crippen molar-refractivity contribution < 1.29 is 4.74 Å². The fourth-order valence-electron chi connectivity index (χ4n) is 1.93. The number of anilines is 2. The standard InChI is InChI=1S/C15H16N4OS2/c1-10-8-11(20-2)5-6-13(10)16-14-17-15(19-18-14)22-9-12-4-3-7-21-12/h3-8H,9H2,1-2H3,(H2,16,17,18,19). The highest BCUT2D eigenvalue weighted by molar-refractivity contribution is 7.98. The van der Waals surface area contributed by atoms with Crippen LogP contribution in [0.25, 0.3) is 0 Å². The Kier molecular flexibility index (Phi) is 4.65. The molecule has 2 heterocycles. The van der Waals surface area contributed by atoms with Gasteiger partial charge in [0.05, 0.1) is 7.11 Å². The van der Waals surface area contributed by atoms with Crippen LogP contribution in [0.15, 0.2) is 40.9 Å². The zero-order valence-electron chi connectivity index (χ0n) is 12.3. The fourth-order valence-corrected chi connectivity index (χ4v) is 3.50. The lowest BCUT2D eigenvalue weighted by atomic mass is 10.2. The minimum Gasteiger partial charge on any atom is -0.497 e. The molecule has 0 bridgehead atoms. The molecule has 22 heavy (non-hydrogen) atoms. The summed E-state index contributed by atoms with van der Waals surface area (Å²) in [5.41, 5.74) is 2.07. The van der Waals surface area contributed by atoms with Gasteiger partial charge in [-0.1, -0.05) is 17.8 Å². The summed E-state index contributed by atoms with van der Waals surface area (Å²) in [6.45, 7) is 2.02. The van der Waals surface area contributed by atoms with E-state index in [1.165, 1.54) is 4.88 Å². The summed E-state index contributed by atoms with van der Waals surface area (Å²) in [7, 11) is 1.66. The highest BCUT2D eigenvalue weighted by Gasteiger charge is 2.07. The third-order valence-electron chi connectivity index (χ3n) is 3.08. The molecule has 0 aliphatic rings. The number of benzene rings is 1. The lowest BCUT2D eigenvalue weighted by Crippen LogP contribution is -1.95. The van der Waals surface area contributed by atoms with Crippen LogP contribution in [0.2, 0.25) is 0 Å². The van der Waals surface area contributed by atoms with Crippen LogP contribution in [-0.4, -0.2) is 22.3 Å². The van der Waals surface area contributed by atoms with E-state index >= 15 is 0 Å². The molecular weight excluding hydrogens is 316 g/mol. The Balaban J connectivity index is 1.64. The number of H-pyrrole nitrogens is 1. The van der Waals surface area contributed by atoms with Crippen molar-refractivity contribution >= 4 is 34.7 Å². The van der Waals surface area contributed by atoms with Crippen LogP contribution < -0.4 is 10.1 Å². The molecule has 1 aromatic carbocycles. The second-order valence-corrected chi connectivity index (χ2v) is 6.62. The molecule has 0 unspecified atom stereocenters. The summed E-state index contributed by atoms with van der Waals surface area (Å²) >= 11 is 3.36. The maximum absolute atomic E-state index is 5.21. The number of nitrogens with one attached hydrogen (secondary N) is 2. The largest absolute Gasteiger partial charge is 0.497 e. The molecule has 0 aliphatic heterocycles. The minimum absolute atomic E-state index is 0.641. The second-order valence-electron chi connectivity index (χ2n) is 4.64. The van der Waals surface area contributed by atoms with E-state index in [2.05, 4.69) is 38.0 Å². The average Bonchev–Trinajstić information content (AvgIpc) is 3.18. The van der Waals surface area contributed by atoms with E-state index in [4.69, 9.17) is 4.74 Å². The van der Waals surface area contributed by atoms with Gasteiger partial charge >= 0.3 is 0 Å². The van der Waals surface area contributed by atoms with Crippen LogP contribution in [0.3, 0.4) is 0 Å². The molecule has 2 aromatic heterocycles. The molecule has 0 radical (unpaired) electrons. The number of aromatic nitrogens is 3. The van der Waals surface area contributed by atoms with Gasteiger partial charge in [0.1, 0.15) is 5.75 Å². The summed E-state index contributed by atoms with van der Waals surface area (Å²) in [6, 6.07) is 10.0. The topological polar surface area (TPSA) is 62.8 Å². The van der Waals surface area contributed by atoms with E-state index < -0.39 is 0 Å². The van der Waals surface area contributed by atoms with Crippen LogP contribution in [0.4, 0.5) is 11.6 Å². The first-order chi connectivity index (χ1) is 10.7. The SMILES string of the molecule is COc1ccc(Nc2nc(SCc3cccs3)n[nH]2)c(C)c1. The van der Waals surface area contributed by atoms with Gasteiger partial charge in [0.15, 0.2) is 0 Å². The van der Waals surface area contributed by atoms with E-state index in [1.54, 1.807) is 30.2 Å². The van der Waals surface area contributed by atoms with Crippen LogP contribution in [0, 0.1) is 6.92 Å². The number of rotatable bonds is 6. The van der Waals surface area contributed by atoms with Gasteiger partial charge in [0, 0.05) is 16.3 Å². The summed E-state index contributed by atoms with van der Waals surface area (Å²) in [4.78, 5) is 5.76. The molecular formula is C15H16N4OS2. The first-order valence-corrected chi connectivity index (χ1v) is 8.60. The average molecular weight is 332 g/mol. The van der Waals surface area contributed by atoms with Gasteiger partial charge in [0.2, 0.25) is 11.1 Å². The number of ether oxygens (including phenoxy) is 1. The first kappa shape index (κ1) is 14.9. The van der Waals surface area contributed by atoms with Crippen molar-refractivity contribution in [3.05, 3.63) is 46.2 Å². The van der Waals surface area contributed by atoms with Gasteiger partial charge in [-0.2, -0.15) is 4.98 Å². The van der Waals surface area contributed by atoms with Crippen molar-refractivity contribution in [2.24, 2.45) is 0 Å². The zero-order chi connectivity index (χ0) is 15.4. The molecule has 0 saturated carbocycles. The van der Waals surface area contributed by atoms with Gasteiger partial charge in [-0.25, -0.2) is 5.10 Å². The number of thiophene rings is 1. The molecule has 0 atom stereocenters. The summed E-state index contributed by atoms with van der Waals surface area (Å²) in [6.07, 6.45) is 0. The molecule has 0 aliphatic carbocycles. The third-order valence-corrected chi connectivity index (χ3v) is 5.03. The Morgan fingerprint density at radius 3 is 3.00 bits per heavy atom. The van der Waals surface area contributed by atoms with Crippen LogP contribution in [-0.2, 0) is 5.75 Å². The molecule has 0 fully saturated rings. The number of aromatic amines is 1. The van der Waals surface area contributed by atoms with Crippen molar-refractivity contribution in [2.45, 2.75) is 17.8 Å². The summed E-state index contributed by atoms with van der Waals surface area (Å²) in [5, 5.41) is 13.2. The van der Waals surface area contributed by atoms with Gasteiger partial charge in [-0.3, -0.25) is 0 Å². The lowest BCUT2D eigenvalue weighted by Gasteiger charge is -2.08. The van der Waals surface area contributed by atoms with E-state index in [9.17, 15) is 0 Å². The van der Waals surface area contributed by atoms with Crippen molar-refractivity contribution in [2.75, 3.05) is 12.4 Å². The number of thioether (sulfide) groups is 1. The number of methoxy groups -OCH3 is 1. The fraction of sp³-hybridized carbons (Fsp3) is 0.200. The molecule has 3 rings (SSSR count). The smallest absolute Gasteiger partial charge is 0.223 e. The molecule has 3 aromatic rings. The van der Waals surface area contributed by atoms with Crippen LogP contribution >= 0.6 is 23.1 Å². The molecule has 0 spiro atoms. The van der Waals surface area contributed by atoms with E-state index in [0.717, 1.165) is 27.9 Å². The predicted octanol–water partition coefficient (Wildman–Crippen LogP) is 4.22. The maximum Gasteiger partial charge on any atom is 0.223 e. The summed E-state index contributed by atoms with van der Waals surface area (Å²) < 4.78 is 5.21. The Morgan fingerprint density at radius 1 is 1.36 bits per heavy atom. The monoisotopic (exact) mass is 332 g/mol. The van der Waals surface area contributed by atoms with Crippen molar-refractivity contribution in [1.82, 2.24) is 15.2 Å². The highest BCUT2D eigenvalue weighted by Crippen LogP contribution is 2.25. The number of hydrogen-bond donors (Lipinski definition) is 2. The Hall–Kier alpha value is -1.99. The molecule has 5 nitrogen and oxygen atoms in total. The molecule has 0 saturated heterocycles. The minimum atomic E-state index is 0.641. The predicted molar refractivity (Wildman–Crippen MR) is 91.3 cm³/mol. The third kappa shape index (κ3) is 3.61. The normalized spacial score (nSPS) is 10.6. The summed E-state index contributed by atoms with van der Waals surface area (Å²) in [5.74, 6) is 2.37. The van der Waals surface area contributed by atoms with Crippen LogP contribution in [0.1, 0.15) is 10.4 Å². The number of nitrogens with zero attached hydrogens (tertiary/aromatic N) is 2. The zero-order valence-corrected chi connectivity index (χ0v) is 13.9. The maximum atomic E-state index is 5.21. The Morgan fingerprint density at radius 2 is 2.27 bits per heavy atom. The van der Waals surface area contributed by atoms with Crippen molar-refractivity contribution in [1.29, 1.82) is 0 Å². The molecule has 2 N–H and O–H groups in total. The molecule has 0 amide bonds. The van der Waals surface area contributed by atoms with Gasteiger partial charge < -0.3 is 10.1 Å². The van der Waals surface area contributed by atoms with E-state index in [1.807, 2.05) is 25.1 Å². The van der Waals surface area contributed by atoms with E-state index in [0.29, 0.717) is 5.95 Å². The van der Waals surface area contributed by atoms with Crippen LogP contribution in [0.5, 0.6) is 5.75 Å². The first-order valence-electron chi connectivity index (χ1n) is 6.74. The van der Waals surface area contributed by atoms with Crippen molar-refractivity contribution in [3.8, 4) is 5.75 Å². The Bertz CT molecular complexity index is 740. The lowest BCUT2D eigenvalue weighted by molar-refractivity contribution is 0.414. The quantitative estimate of drug-likeness (QED) is 0.662. The second kappa shape index (κ2) is 6.85. The van der Waals surface area contributed by atoms with Crippen molar-refractivity contribution in [3.63, 3.8) is 0 Å². The van der Waals surface area contributed by atoms with E-state index in [-0.39, 0.29) is 0 Å². The van der Waals surface area contributed by atoms with Gasteiger partial charge in [-0.15, -0.1) is 16.4 Å².